The number of amides is 2. The monoisotopic (exact) mass is 372 g/mol. The van der Waals surface area contributed by atoms with E-state index >= 15 is 0 Å². The fourth-order valence-electron chi connectivity index (χ4n) is 2.15. The Morgan fingerprint density at radius 3 is 2.58 bits per heavy atom. The highest BCUT2D eigenvalue weighted by Crippen LogP contribution is 2.16. The molecule has 0 radical (unpaired) electrons. The van der Waals surface area contributed by atoms with Gasteiger partial charge in [0.2, 0.25) is 5.91 Å². The Morgan fingerprint density at radius 2 is 1.92 bits per heavy atom. The smallest absolute Gasteiger partial charge is 0.251 e. The molecule has 0 spiro atoms. The summed E-state index contributed by atoms with van der Waals surface area (Å²) in [6.07, 6.45) is 3.21. The van der Waals surface area contributed by atoms with E-state index in [1.807, 2.05) is 12.1 Å². The highest BCUT2D eigenvalue weighted by atomic mass is 35.5. The first-order valence-electron chi connectivity index (χ1n) is 8.13. The second kappa shape index (κ2) is 9.63. The number of hydrogen-bond acceptors (Lipinski definition) is 3. The van der Waals surface area contributed by atoms with Crippen LogP contribution in [0.2, 0.25) is 5.02 Å². The van der Waals surface area contributed by atoms with Crippen molar-refractivity contribution in [1.29, 1.82) is 0 Å². The molecule has 2 rings (SSSR count). The van der Waals surface area contributed by atoms with E-state index in [9.17, 15) is 9.59 Å². The highest BCUT2D eigenvalue weighted by molar-refractivity contribution is 6.30. The highest BCUT2D eigenvalue weighted by Gasteiger charge is 2.06. The maximum Gasteiger partial charge on any atom is 0.251 e. The van der Waals surface area contributed by atoms with Crippen molar-refractivity contribution in [3.05, 3.63) is 70.8 Å². The molecule has 5 nitrogen and oxygen atoms in total. The predicted octanol–water partition coefficient (Wildman–Crippen LogP) is 3.25. The van der Waals surface area contributed by atoms with Crippen LogP contribution in [0.25, 0.3) is 6.08 Å². The first kappa shape index (κ1) is 19.5. The molecular weight excluding hydrogens is 352 g/mol. The summed E-state index contributed by atoms with van der Waals surface area (Å²) in [4.78, 5) is 25.2. The number of likely N-dealkylation sites (N-methyl/N-ethyl adjacent to an activating group) is 1. The van der Waals surface area contributed by atoms with Crippen molar-refractivity contribution in [1.82, 2.24) is 10.2 Å². The Hall–Kier alpha value is -2.79. The van der Waals surface area contributed by atoms with Gasteiger partial charge in [-0.1, -0.05) is 29.8 Å². The van der Waals surface area contributed by atoms with Crippen LogP contribution in [0.4, 0.5) is 0 Å². The van der Waals surface area contributed by atoms with Crippen molar-refractivity contribution in [3.63, 3.8) is 0 Å². The van der Waals surface area contributed by atoms with Crippen molar-refractivity contribution in [3.8, 4) is 5.75 Å². The topological polar surface area (TPSA) is 58.6 Å². The van der Waals surface area contributed by atoms with Crippen molar-refractivity contribution in [2.24, 2.45) is 0 Å². The van der Waals surface area contributed by atoms with Crippen molar-refractivity contribution in [2.75, 3.05) is 27.2 Å². The Morgan fingerprint density at radius 1 is 1.19 bits per heavy atom. The van der Waals surface area contributed by atoms with Crippen LogP contribution >= 0.6 is 11.6 Å². The lowest BCUT2D eigenvalue weighted by Crippen LogP contribution is -2.29. The van der Waals surface area contributed by atoms with Gasteiger partial charge >= 0.3 is 0 Å². The first-order valence-corrected chi connectivity index (χ1v) is 8.51. The molecule has 26 heavy (non-hydrogen) atoms. The molecule has 0 unspecified atom stereocenters. The molecule has 2 aromatic carbocycles. The Balaban J connectivity index is 1.82. The number of carbonyl (C=O) groups excluding carboxylic acids is 2. The molecule has 0 heterocycles. The molecule has 0 aliphatic carbocycles. The van der Waals surface area contributed by atoms with E-state index in [2.05, 4.69) is 5.32 Å². The summed E-state index contributed by atoms with van der Waals surface area (Å²) in [5, 5.41) is 3.17. The van der Waals surface area contributed by atoms with E-state index in [0.29, 0.717) is 29.5 Å². The number of halogens is 1. The molecule has 6 heteroatoms. The fourth-order valence-corrected chi connectivity index (χ4v) is 2.33. The summed E-state index contributed by atoms with van der Waals surface area (Å²) < 4.78 is 5.58. The molecular formula is C20H21ClN2O3. The van der Waals surface area contributed by atoms with E-state index in [1.165, 1.54) is 6.08 Å². The van der Waals surface area contributed by atoms with Crippen molar-refractivity contribution >= 4 is 29.5 Å². The SMILES string of the molecule is CNC(=O)c1ccc(/C=C/C(=O)N(C)CCOc2cccc(Cl)c2)cc1. The van der Waals surface area contributed by atoms with Gasteiger partial charge in [0.05, 0.1) is 6.54 Å². The molecule has 0 bridgehead atoms. The summed E-state index contributed by atoms with van der Waals surface area (Å²) in [6.45, 7) is 0.822. The number of nitrogens with one attached hydrogen (secondary N) is 1. The van der Waals surface area contributed by atoms with Gasteiger partial charge < -0.3 is 15.0 Å². The number of rotatable bonds is 7. The molecule has 1 N–H and O–H groups in total. The summed E-state index contributed by atoms with van der Waals surface area (Å²) in [5.74, 6) is 0.399. The third kappa shape index (κ3) is 5.93. The van der Waals surface area contributed by atoms with Crippen LogP contribution in [-0.2, 0) is 4.79 Å². The van der Waals surface area contributed by atoms with Crippen LogP contribution < -0.4 is 10.1 Å². The minimum Gasteiger partial charge on any atom is -0.492 e. The zero-order valence-corrected chi connectivity index (χ0v) is 15.5. The third-order valence-electron chi connectivity index (χ3n) is 3.69. The summed E-state index contributed by atoms with van der Waals surface area (Å²) >= 11 is 5.90. The Kier molecular flexibility index (Phi) is 7.24. The zero-order valence-electron chi connectivity index (χ0n) is 14.7. The number of nitrogens with zero attached hydrogens (tertiary/aromatic N) is 1. The molecule has 0 saturated heterocycles. The van der Waals surface area contributed by atoms with Gasteiger partial charge in [-0.15, -0.1) is 0 Å². The van der Waals surface area contributed by atoms with E-state index < -0.39 is 0 Å². The van der Waals surface area contributed by atoms with Crippen LogP contribution in [-0.4, -0.2) is 44.0 Å². The largest absolute Gasteiger partial charge is 0.492 e. The van der Waals surface area contributed by atoms with Gasteiger partial charge in [-0.3, -0.25) is 9.59 Å². The number of hydrogen-bond donors (Lipinski definition) is 1. The molecule has 0 aromatic heterocycles. The van der Waals surface area contributed by atoms with E-state index in [4.69, 9.17) is 16.3 Å². The molecule has 0 saturated carbocycles. The molecule has 2 aromatic rings. The molecule has 0 aliphatic heterocycles. The summed E-state index contributed by atoms with van der Waals surface area (Å²) in [7, 11) is 3.30. The van der Waals surface area contributed by atoms with Crippen LogP contribution in [0.15, 0.2) is 54.6 Å². The minimum absolute atomic E-state index is 0.130. The number of carbonyl (C=O) groups is 2. The van der Waals surface area contributed by atoms with Crippen LogP contribution in [0.3, 0.4) is 0 Å². The van der Waals surface area contributed by atoms with Gasteiger partial charge in [-0.2, -0.15) is 0 Å². The Bertz CT molecular complexity index is 788. The molecule has 136 valence electrons. The zero-order chi connectivity index (χ0) is 18.9. The molecule has 0 aliphatic rings. The predicted molar refractivity (Wildman–Crippen MR) is 103 cm³/mol. The van der Waals surface area contributed by atoms with E-state index in [0.717, 1.165) is 5.56 Å². The van der Waals surface area contributed by atoms with E-state index in [1.54, 1.807) is 61.5 Å². The number of benzene rings is 2. The van der Waals surface area contributed by atoms with E-state index in [-0.39, 0.29) is 11.8 Å². The van der Waals surface area contributed by atoms with Crippen LogP contribution in [0.1, 0.15) is 15.9 Å². The molecule has 0 atom stereocenters. The lowest BCUT2D eigenvalue weighted by Gasteiger charge is -2.15. The quantitative estimate of drug-likeness (QED) is 0.759. The minimum atomic E-state index is -0.143. The second-order valence-electron chi connectivity index (χ2n) is 5.60. The lowest BCUT2D eigenvalue weighted by molar-refractivity contribution is -0.125. The molecule has 2 amide bonds. The second-order valence-corrected chi connectivity index (χ2v) is 6.04. The van der Waals surface area contributed by atoms with Crippen LogP contribution in [0.5, 0.6) is 5.75 Å². The average molecular weight is 373 g/mol. The maximum atomic E-state index is 12.1. The van der Waals surface area contributed by atoms with Gasteiger partial charge in [0.1, 0.15) is 12.4 Å². The van der Waals surface area contributed by atoms with Crippen molar-refractivity contribution < 1.29 is 14.3 Å². The van der Waals surface area contributed by atoms with Gasteiger partial charge in [0.25, 0.3) is 5.91 Å². The standard InChI is InChI=1S/C20H21ClN2O3/c1-22-20(25)16-9-6-15(7-10-16)8-11-19(24)23(2)12-13-26-18-5-3-4-17(21)14-18/h3-11,14H,12-13H2,1-2H3,(H,22,25)/b11-8+. The average Bonchev–Trinajstić information content (AvgIpc) is 2.65. The summed E-state index contributed by atoms with van der Waals surface area (Å²) in [5.41, 5.74) is 1.42. The lowest BCUT2D eigenvalue weighted by atomic mass is 10.1. The van der Waals surface area contributed by atoms with Gasteiger partial charge in [-0.05, 0) is 42.0 Å². The first-order chi connectivity index (χ1) is 12.5. The van der Waals surface area contributed by atoms with Gasteiger partial charge in [-0.25, -0.2) is 0 Å². The fraction of sp³-hybridized carbons (Fsp3) is 0.200. The van der Waals surface area contributed by atoms with Crippen molar-refractivity contribution in [2.45, 2.75) is 0 Å². The van der Waals surface area contributed by atoms with Gasteiger partial charge in [0, 0.05) is 30.8 Å². The van der Waals surface area contributed by atoms with Gasteiger partial charge in [0.15, 0.2) is 0 Å². The normalized spacial score (nSPS) is 10.6. The molecule has 0 fully saturated rings. The Labute approximate surface area is 158 Å². The third-order valence-corrected chi connectivity index (χ3v) is 3.92. The number of ether oxygens (including phenoxy) is 1. The maximum absolute atomic E-state index is 12.1. The van der Waals surface area contributed by atoms with Crippen LogP contribution in [0, 0.1) is 0 Å². The summed E-state index contributed by atoms with van der Waals surface area (Å²) in [6, 6.07) is 14.1.